The lowest BCUT2D eigenvalue weighted by Gasteiger charge is -2.33. The second kappa shape index (κ2) is 7.56. The molecule has 2 N–H and O–H groups in total. The highest BCUT2D eigenvalue weighted by atomic mass is 16.2. The number of hydrogen-bond acceptors (Lipinski definition) is 2. The van der Waals surface area contributed by atoms with Crippen LogP contribution in [0.15, 0.2) is 30.3 Å². The van der Waals surface area contributed by atoms with Gasteiger partial charge in [0.05, 0.1) is 0 Å². The van der Waals surface area contributed by atoms with E-state index in [9.17, 15) is 4.79 Å². The van der Waals surface area contributed by atoms with Crippen molar-refractivity contribution in [1.29, 1.82) is 0 Å². The average Bonchev–Trinajstić information content (AvgIpc) is 3.37. The lowest BCUT2D eigenvalue weighted by molar-refractivity contribution is 0.178. The van der Waals surface area contributed by atoms with Crippen molar-refractivity contribution in [3.8, 4) is 0 Å². The highest BCUT2D eigenvalue weighted by Gasteiger charge is 2.44. The van der Waals surface area contributed by atoms with E-state index < -0.39 is 0 Å². The number of nitrogens with zero attached hydrogens (tertiary/aromatic N) is 1. The van der Waals surface area contributed by atoms with Crippen LogP contribution >= 0.6 is 0 Å². The maximum Gasteiger partial charge on any atom is 0.315 e. The summed E-state index contributed by atoms with van der Waals surface area (Å²) in [4.78, 5) is 14.7. The van der Waals surface area contributed by atoms with Crippen LogP contribution in [0.3, 0.4) is 0 Å². The predicted octanol–water partition coefficient (Wildman–Crippen LogP) is 3.14. The fraction of sp³-hybridized carbons (Fsp3) is 0.650. The molecule has 2 amide bonds. The fourth-order valence-electron chi connectivity index (χ4n) is 3.77. The van der Waals surface area contributed by atoms with E-state index in [1.807, 2.05) is 6.07 Å². The van der Waals surface area contributed by atoms with Crippen molar-refractivity contribution in [2.75, 3.05) is 26.2 Å². The van der Waals surface area contributed by atoms with Crippen LogP contribution in [0.2, 0.25) is 0 Å². The van der Waals surface area contributed by atoms with Crippen molar-refractivity contribution in [3.05, 3.63) is 35.9 Å². The van der Waals surface area contributed by atoms with Gasteiger partial charge in [-0.2, -0.15) is 0 Å². The van der Waals surface area contributed by atoms with Gasteiger partial charge >= 0.3 is 6.03 Å². The molecule has 1 saturated carbocycles. The van der Waals surface area contributed by atoms with Crippen LogP contribution in [-0.2, 0) is 5.41 Å². The third kappa shape index (κ3) is 4.50. The normalized spacial score (nSPS) is 20.8. The maximum absolute atomic E-state index is 12.2. The van der Waals surface area contributed by atoms with Crippen molar-refractivity contribution in [2.24, 2.45) is 5.92 Å². The minimum Gasteiger partial charge on any atom is -0.337 e. The largest absolute Gasteiger partial charge is 0.337 e. The number of piperidine rings is 1. The summed E-state index contributed by atoms with van der Waals surface area (Å²) in [5.74, 6) is 0.713. The Morgan fingerprint density at radius 3 is 2.46 bits per heavy atom. The number of hydrogen-bond donors (Lipinski definition) is 2. The fourth-order valence-corrected chi connectivity index (χ4v) is 3.77. The van der Waals surface area contributed by atoms with Gasteiger partial charge < -0.3 is 15.5 Å². The molecule has 1 aliphatic carbocycles. The smallest absolute Gasteiger partial charge is 0.315 e. The maximum atomic E-state index is 12.2. The summed E-state index contributed by atoms with van der Waals surface area (Å²) in [6.07, 6.45) is 4.46. The third-order valence-corrected chi connectivity index (χ3v) is 5.37. The summed E-state index contributed by atoms with van der Waals surface area (Å²) in [6.45, 7) is 8.62. The summed E-state index contributed by atoms with van der Waals surface area (Å²) in [7, 11) is 0. The zero-order chi connectivity index (χ0) is 17.0. The average molecular weight is 329 g/mol. The molecule has 0 bridgehead atoms. The molecular formula is C20H31N3O. The minimum atomic E-state index is -0.000448. The second-order valence-electron chi connectivity index (χ2n) is 7.94. The summed E-state index contributed by atoms with van der Waals surface area (Å²) in [5, 5.41) is 6.28. The first-order valence-electron chi connectivity index (χ1n) is 9.40. The zero-order valence-corrected chi connectivity index (χ0v) is 15.1. The molecule has 132 valence electrons. The highest BCUT2D eigenvalue weighted by molar-refractivity contribution is 5.74. The molecular weight excluding hydrogens is 298 g/mol. The summed E-state index contributed by atoms with van der Waals surface area (Å²) >= 11 is 0. The molecule has 0 spiro atoms. The van der Waals surface area contributed by atoms with Crippen molar-refractivity contribution < 1.29 is 4.79 Å². The van der Waals surface area contributed by atoms with Gasteiger partial charge in [0.25, 0.3) is 0 Å². The first-order valence-corrected chi connectivity index (χ1v) is 9.40. The lowest BCUT2D eigenvalue weighted by Crippen LogP contribution is -2.49. The van der Waals surface area contributed by atoms with Gasteiger partial charge in [-0.1, -0.05) is 44.2 Å². The Kier molecular flexibility index (Phi) is 5.44. The molecule has 2 aliphatic rings. The number of nitrogens with one attached hydrogen (secondary N) is 2. The van der Waals surface area contributed by atoms with Crippen LogP contribution < -0.4 is 10.6 Å². The number of carbonyl (C=O) groups is 1. The molecule has 1 aliphatic heterocycles. The summed E-state index contributed by atoms with van der Waals surface area (Å²) < 4.78 is 0. The van der Waals surface area contributed by atoms with Gasteiger partial charge in [-0.25, -0.2) is 4.79 Å². The van der Waals surface area contributed by atoms with Gasteiger partial charge in [0.2, 0.25) is 0 Å². The van der Waals surface area contributed by atoms with E-state index in [0.717, 1.165) is 32.5 Å². The van der Waals surface area contributed by atoms with Crippen molar-refractivity contribution in [1.82, 2.24) is 15.5 Å². The van der Waals surface area contributed by atoms with Crippen molar-refractivity contribution >= 4 is 6.03 Å². The first kappa shape index (κ1) is 17.3. The Morgan fingerprint density at radius 2 is 1.88 bits per heavy atom. The molecule has 4 heteroatoms. The number of benzene rings is 1. The molecule has 4 nitrogen and oxygen atoms in total. The van der Waals surface area contributed by atoms with Gasteiger partial charge in [-0.3, -0.25) is 0 Å². The van der Waals surface area contributed by atoms with E-state index in [0.29, 0.717) is 12.0 Å². The second-order valence-corrected chi connectivity index (χ2v) is 7.94. The molecule has 0 atom stereocenters. The number of likely N-dealkylation sites (tertiary alicyclic amines) is 1. The van der Waals surface area contributed by atoms with E-state index in [2.05, 4.69) is 53.6 Å². The van der Waals surface area contributed by atoms with Crippen LogP contribution in [0, 0.1) is 5.92 Å². The van der Waals surface area contributed by atoms with Crippen LogP contribution in [0.5, 0.6) is 0 Å². The first-order chi connectivity index (χ1) is 11.6. The summed E-state index contributed by atoms with van der Waals surface area (Å²) in [5.41, 5.74) is 1.53. The molecule has 1 saturated heterocycles. The molecule has 2 fully saturated rings. The van der Waals surface area contributed by atoms with Crippen LogP contribution in [0.1, 0.15) is 45.1 Å². The molecule has 0 unspecified atom stereocenters. The van der Waals surface area contributed by atoms with Gasteiger partial charge in [-0.15, -0.1) is 0 Å². The quantitative estimate of drug-likeness (QED) is 0.842. The van der Waals surface area contributed by atoms with Crippen LogP contribution in [0.4, 0.5) is 4.79 Å². The van der Waals surface area contributed by atoms with Gasteiger partial charge in [0.15, 0.2) is 0 Å². The van der Waals surface area contributed by atoms with Gasteiger partial charge in [0, 0.05) is 37.6 Å². The number of rotatable bonds is 6. The Bertz CT molecular complexity index is 531. The molecule has 1 heterocycles. The molecule has 0 radical (unpaired) electrons. The molecule has 0 aromatic heterocycles. The van der Waals surface area contributed by atoms with Crippen molar-refractivity contribution in [3.63, 3.8) is 0 Å². The Balaban J connectivity index is 1.39. The van der Waals surface area contributed by atoms with E-state index in [-0.39, 0.29) is 11.4 Å². The van der Waals surface area contributed by atoms with Crippen molar-refractivity contribution in [2.45, 2.75) is 51.0 Å². The van der Waals surface area contributed by atoms with E-state index in [1.54, 1.807) is 0 Å². The Hall–Kier alpha value is -1.55. The number of amides is 2. The number of urea groups is 1. The zero-order valence-electron chi connectivity index (χ0n) is 15.1. The Labute approximate surface area is 146 Å². The predicted molar refractivity (Wildman–Crippen MR) is 98.2 cm³/mol. The summed E-state index contributed by atoms with van der Waals surface area (Å²) in [6, 6.07) is 10.9. The molecule has 1 aromatic carbocycles. The molecule has 1 aromatic rings. The SMILES string of the molecule is CC(C)CN1CCC(NC(=O)NCC2(c3ccccc3)CC2)CC1. The standard InChI is InChI=1S/C20H31N3O/c1-16(2)14-23-12-8-18(9-13-23)22-19(24)21-15-20(10-11-20)17-6-4-3-5-7-17/h3-7,16,18H,8-15H2,1-2H3,(H2,21,22,24). The van der Waals surface area contributed by atoms with Crippen LogP contribution in [0.25, 0.3) is 0 Å². The van der Waals surface area contributed by atoms with E-state index >= 15 is 0 Å². The lowest BCUT2D eigenvalue weighted by atomic mass is 9.96. The van der Waals surface area contributed by atoms with Gasteiger partial charge in [0.1, 0.15) is 0 Å². The highest BCUT2D eigenvalue weighted by Crippen LogP contribution is 2.47. The van der Waals surface area contributed by atoms with Crippen LogP contribution in [-0.4, -0.2) is 43.2 Å². The Morgan fingerprint density at radius 1 is 1.21 bits per heavy atom. The minimum absolute atomic E-state index is 0.000448. The topological polar surface area (TPSA) is 44.4 Å². The van der Waals surface area contributed by atoms with E-state index in [4.69, 9.17) is 0 Å². The third-order valence-electron chi connectivity index (χ3n) is 5.37. The van der Waals surface area contributed by atoms with Gasteiger partial charge in [-0.05, 0) is 37.2 Å². The molecule has 3 rings (SSSR count). The van der Waals surface area contributed by atoms with E-state index in [1.165, 1.54) is 24.9 Å². The molecule has 24 heavy (non-hydrogen) atoms. The monoisotopic (exact) mass is 329 g/mol. The number of carbonyl (C=O) groups excluding carboxylic acids is 1.